The fourth-order valence-electron chi connectivity index (χ4n) is 2.24. The molecule has 2 aromatic rings. The van der Waals surface area contributed by atoms with E-state index in [1.807, 2.05) is 37.3 Å². The minimum Gasteiger partial charge on any atom is -0.498 e. The topological polar surface area (TPSA) is 54.0 Å². The summed E-state index contributed by atoms with van der Waals surface area (Å²) < 4.78 is 22.3. The number of carbonyl (C=O) groups is 1. The smallest absolute Gasteiger partial charge is 0.342 e. The molecular formula is C20H21IO5. The molecule has 0 aliphatic rings. The number of ether oxygens (including phenoxy) is 4. The number of esters is 1. The maximum Gasteiger partial charge on any atom is 0.342 e. The molecule has 2 aromatic carbocycles. The molecule has 0 aromatic heterocycles. The van der Waals surface area contributed by atoms with Crippen molar-refractivity contribution >= 4 is 28.6 Å². The summed E-state index contributed by atoms with van der Waals surface area (Å²) in [6.45, 7) is 5.96. The summed E-state index contributed by atoms with van der Waals surface area (Å²) in [7, 11) is 1.61. The van der Waals surface area contributed by atoms with Crippen LogP contribution in [0.1, 0.15) is 28.9 Å². The first-order chi connectivity index (χ1) is 12.5. The summed E-state index contributed by atoms with van der Waals surface area (Å²) in [6.07, 6.45) is 0.950. The molecule has 0 N–H and O–H groups in total. The van der Waals surface area contributed by atoms with Gasteiger partial charge in [0, 0.05) is 3.57 Å². The van der Waals surface area contributed by atoms with Crippen LogP contribution in [0.2, 0.25) is 0 Å². The van der Waals surface area contributed by atoms with E-state index in [0.717, 1.165) is 14.9 Å². The first-order valence-corrected chi connectivity index (χ1v) is 9.12. The Hall–Kier alpha value is -2.22. The summed E-state index contributed by atoms with van der Waals surface area (Å²) in [6, 6.07) is 12.8. The predicted octanol–water partition coefficient (Wildman–Crippen LogP) is 4.76. The van der Waals surface area contributed by atoms with Crippen molar-refractivity contribution in [2.24, 2.45) is 0 Å². The van der Waals surface area contributed by atoms with E-state index in [1.54, 1.807) is 19.2 Å². The molecule has 0 heterocycles. The highest BCUT2D eigenvalue weighted by atomic mass is 127. The van der Waals surface area contributed by atoms with E-state index in [-0.39, 0.29) is 0 Å². The Morgan fingerprint density at radius 3 is 2.58 bits per heavy atom. The predicted molar refractivity (Wildman–Crippen MR) is 108 cm³/mol. The van der Waals surface area contributed by atoms with Crippen molar-refractivity contribution in [1.82, 2.24) is 0 Å². The number of benzene rings is 2. The fraction of sp³-hybridized carbons (Fsp3) is 0.250. The third-order valence-electron chi connectivity index (χ3n) is 3.61. The van der Waals surface area contributed by atoms with E-state index in [4.69, 9.17) is 18.9 Å². The van der Waals surface area contributed by atoms with Crippen molar-refractivity contribution in [2.45, 2.75) is 13.0 Å². The fourth-order valence-corrected chi connectivity index (χ4v) is 2.73. The largest absolute Gasteiger partial charge is 0.498 e. The number of rotatable bonds is 9. The van der Waals surface area contributed by atoms with Gasteiger partial charge in [-0.25, -0.2) is 4.79 Å². The first-order valence-electron chi connectivity index (χ1n) is 8.05. The van der Waals surface area contributed by atoms with Crippen molar-refractivity contribution in [3.05, 3.63) is 70.0 Å². The van der Waals surface area contributed by atoms with E-state index in [2.05, 4.69) is 29.2 Å². The number of methoxy groups -OCH3 is 1. The molecule has 0 amide bonds. The molecule has 1 unspecified atom stereocenters. The van der Waals surface area contributed by atoms with Crippen molar-refractivity contribution in [1.29, 1.82) is 0 Å². The van der Waals surface area contributed by atoms with Crippen LogP contribution in [0.25, 0.3) is 0 Å². The lowest BCUT2D eigenvalue weighted by atomic mass is 10.1. The zero-order chi connectivity index (χ0) is 18.9. The van der Waals surface area contributed by atoms with Gasteiger partial charge in [-0.05, 0) is 65.4 Å². The zero-order valence-electron chi connectivity index (χ0n) is 14.7. The Morgan fingerprint density at radius 1 is 1.19 bits per heavy atom. The van der Waals surface area contributed by atoms with Gasteiger partial charge in [0.05, 0.1) is 13.4 Å². The number of halogens is 1. The maximum absolute atomic E-state index is 12.6. The molecule has 0 aliphatic carbocycles. The number of carbonyl (C=O) groups excluding carboxylic acids is 1. The Balaban J connectivity index is 2.09. The van der Waals surface area contributed by atoms with E-state index in [9.17, 15) is 4.79 Å². The lowest BCUT2D eigenvalue weighted by molar-refractivity contribution is 0.0332. The van der Waals surface area contributed by atoms with Crippen LogP contribution in [-0.2, 0) is 9.47 Å². The molecule has 0 saturated carbocycles. The highest BCUT2D eigenvalue weighted by Crippen LogP contribution is 2.26. The summed E-state index contributed by atoms with van der Waals surface area (Å²) in [4.78, 5) is 12.6. The molecule has 0 bridgehead atoms. The van der Waals surface area contributed by atoms with Crippen LogP contribution in [0, 0.1) is 3.57 Å². The van der Waals surface area contributed by atoms with E-state index >= 15 is 0 Å². The second kappa shape index (κ2) is 10.1. The normalized spacial score (nSPS) is 11.3. The van der Waals surface area contributed by atoms with Gasteiger partial charge < -0.3 is 18.9 Å². The maximum atomic E-state index is 12.6. The summed E-state index contributed by atoms with van der Waals surface area (Å²) in [5.74, 6) is 0.777. The Labute approximate surface area is 167 Å². The molecule has 0 spiro atoms. The van der Waals surface area contributed by atoms with Crippen LogP contribution in [0.3, 0.4) is 0 Å². The molecule has 0 aliphatic heterocycles. The van der Waals surface area contributed by atoms with Gasteiger partial charge in [0.2, 0.25) is 0 Å². The van der Waals surface area contributed by atoms with Gasteiger partial charge in [-0.3, -0.25) is 0 Å². The van der Waals surface area contributed by atoms with Crippen LogP contribution in [-0.4, -0.2) is 26.3 Å². The molecule has 0 fully saturated rings. The third-order valence-corrected chi connectivity index (χ3v) is 4.28. The molecule has 6 heteroatoms. The first kappa shape index (κ1) is 20.1. The van der Waals surface area contributed by atoms with Crippen molar-refractivity contribution in [3.8, 4) is 11.5 Å². The lowest BCUT2D eigenvalue weighted by Crippen LogP contribution is -2.13. The van der Waals surface area contributed by atoms with Gasteiger partial charge in [-0.1, -0.05) is 18.7 Å². The molecule has 138 valence electrons. The van der Waals surface area contributed by atoms with Gasteiger partial charge in [0.1, 0.15) is 36.4 Å². The van der Waals surface area contributed by atoms with Crippen molar-refractivity contribution < 1.29 is 23.7 Å². The average molecular weight is 468 g/mol. The van der Waals surface area contributed by atoms with Crippen molar-refractivity contribution in [3.63, 3.8) is 0 Å². The van der Waals surface area contributed by atoms with Gasteiger partial charge in [0.15, 0.2) is 0 Å². The highest BCUT2D eigenvalue weighted by Gasteiger charge is 2.18. The van der Waals surface area contributed by atoms with Gasteiger partial charge in [-0.15, -0.1) is 0 Å². The molecular weight excluding hydrogens is 447 g/mol. The lowest BCUT2D eigenvalue weighted by Gasteiger charge is -2.16. The second-order valence-corrected chi connectivity index (χ2v) is 6.59. The summed E-state index contributed by atoms with van der Waals surface area (Å²) in [5, 5.41) is 0. The van der Waals surface area contributed by atoms with E-state index in [0.29, 0.717) is 24.5 Å². The Morgan fingerprint density at radius 2 is 1.92 bits per heavy atom. The Kier molecular flexibility index (Phi) is 7.77. The molecule has 5 nitrogen and oxygen atoms in total. The second-order valence-electron chi connectivity index (χ2n) is 5.35. The number of hydrogen-bond acceptors (Lipinski definition) is 5. The van der Waals surface area contributed by atoms with Crippen LogP contribution in [0.5, 0.6) is 11.5 Å². The average Bonchev–Trinajstić information content (AvgIpc) is 2.66. The van der Waals surface area contributed by atoms with Crippen molar-refractivity contribution in [2.75, 3.05) is 20.3 Å². The monoisotopic (exact) mass is 468 g/mol. The SMILES string of the molecule is C=COCCOc1ccc(I)cc1C(=O)OC(C)c1ccc(OC)cc1. The van der Waals surface area contributed by atoms with Gasteiger partial charge in [-0.2, -0.15) is 0 Å². The molecule has 26 heavy (non-hydrogen) atoms. The van der Waals surface area contributed by atoms with Crippen LogP contribution in [0.15, 0.2) is 55.3 Å². The quantitative estimate of drug-likeness (QED) is 0.230. The zero-order valence-corrected chi connectivity index (χ0v) is 16.9. The van der Waals surface area contributed by atoms with Crippen LogP contribution >= 0.6 is 22.6 Å². The minimum atomic E-state index is -0.438. The Bertz CT molecular complexity index is 742. The standard InChI is InChI=1S/C20H21IO5/c1-4-24-11-12-25-19-10-7-16(21)13-18(19)20(22)26-14(2)15-5-8-17(23-3)9-6-15/h4-10,13-14H,1,11-12H2,2-3H3. The van der Waals surface area contributed by atoms with E-state index < -0.39 is 12.1 Å². The van der Waals surface area contributed by atoms with Gasteiger partial charge >= 0.3 is 5.97 Å². The highest BCUT2D eigenvalue weighted by molar-refractivity contribution is 14.1. The molecule has 2 rings (SSSR count). The molecule has 0 radical (unpaired) electrons. The minimum absolute atomic E-state index is 0.306. The molecule has 0 saturated heterocycles. The summed E-state index contributed by atoms with van der Waals surface area (Å²) in [5.41, 5.74) is 1.27. The number of hydrogen-bond donors (Lipinski definition) is 0. The van der Waals surface area contributed by atoms with Gasteiger partial charge in [0.25, 0.3) is 0 Å². The van der Waals surface area contributed by atoms with Crippen LogP contribution in [0.4, 0.5) is 0 Å². The summed E-state index contributed by atoms with van der Waals surface area (Å²) >= 11 is 2.14. The third kappa shape index (κ3) is 5.66. The van der Waals surface area contributed by atoms with E-state index in [1.165, 1.54) is 6.26 Å². The molecule has 1 atom stereocenters. The van der Waals surface area contributed by atoms with Crippen LogP contribution < -0.4 is 9.47 Å².